The first kappa shape index (κ1) is 22.9. The summed E-state index contributed by atoms with van der Waals surface area (Å²) < 4.78 is 1.62. The Morgan fingerprint density at radius 3 is 2.63 bits per heavy atom. The number of nitrogens with one attached hydrogen (secondary N) is 2. The van der Waals surface area contributed by atoms with Gasteiger partial charge in [0, 0.05) is 16.6 Å². The van der Waals surface area contributed by atoms with Crippen LogP contribution in [0.15, 0.2) is 70.6 Å². The number of aryl methyl sites for hydroxylation is 3. The van der Waals surface area contributed by atoms with Crippen LogP contribution in [-0.2, 0) is 4.79 Å². The Bertz CT molecular complexity index is 1670. The minimum absolute atomic E-state index is 0.124. The van der Waals surface area contributed by atoms with Crippen LogP contribution < -0.4 is 10.9 Å². The van der Waals surface area contributed by atoms with E-state index in [1.165, 1.54) is 11.8 Å². The molecule has 35 heavy (non-hydrogen) atoms. The molecule has 0 aliphatic carbocycles. The van der Waals surface area contributed by atoms with Crippen LogP contribution in [0.3, 0.4) is 0 Å². The third-order valence-corrected chi connectivity index (χ3v) is 7.25. The van der Waals surface area contributed by atoms with E-state index < -0.39 is 0 Å². The number of benzene rings is 3. The molecule has 1 amide bonds. The van der Waals surface area contributed by atoms with Crippen molar-refractivity contribution in [3.63, 3.8) is 0 Å². The Kier molecular flexibility index (Phi) is 5.94. The molecule has 0 atom stereocenters. The third kappa shape index (κ3) is 4.23. The van der Waals surface area contributed by atoms with E-state index in [0.717, 1.165) is 44.5 Å². The normalized spacial score (nSPS) is 11.3. The number of carbonyl (C=O) groups is 1. The number of hydrogen-bond acceptors (Lipinski definition) is 4. The minimum Gasteiger partial charge on any atom is -0.349 e. The van der Waals surface area contributed by atoms with Crippen LogP contribution in [0.1, 0.15) is 22.3 Å². The van der Waals surface area contributed by atoms with Gasteiger partial charge in [-0.25, -0.2) is 4.98 Å². The second kappa shape index (κ2) is 9.07. The highest BCUT2D eigenvalue weighted by Gasteiger charge is 2.19. The number of aromatic amines is 1. The molecule has 3 aromatic carbocycles. The molecular formula is C28H26N4O2S. The first-order valence-electron chi connectivity index (χ1n) is 11.4. The fourth-order valence-electron chi connectivity index (χ4n) is 4.21. The number of amides is 1. The SMILES string of the molecule is Cc1ccc(C)c(-n2c(SCC(=O)Nc3cccc(C)c3C)nc3c([nH]c4ccccc43)c2=O)c1. The molecule has 2 N–H and O–H groups in total. The van der Waals surface area contributed by atoms with Crippen molar-refractivity contribution in [3.05, 3.63) is 93.3 Å². The maximum absolute atomic E-state index is 13.8. The molecule has 2 heterocycles. The number of fused-ring (bicyclic) bond motifs is 3. The molecule has 0 bridgehead atoms. The molecule has 0 spiro atoms. The number of anilines is 1. The quantitative estimate of drug-likeness (QED) is 0.244. The second-order valence-electron chi connectivity index (χ2n) is 8.80. The average molecular weight is 483 g/mol. The van der Waals surface area contributed by atoms with Crippen molar-refractivity contribution in [1.82, 2.24) is 14.5 Å². The lowest BCUT2D eigenvalue weighted by molar-refractivity contribution is -0.113. The molecular weight excluding hydrogens is 456 g/mol. The van der Waals surface area contributed by atoms with E-state index in [4.69, 9.17) is 4.98 Å². The minimum atomic E-state index is -0.183. The topological polar surface area (TPSA) is 79.8 Å². The molecule has 176 valence electrons. The first-order chi connectivity index (χ1) is 16.8. The van der Waals surface area contributed by atoms with Crippen LogP contribution in [0, 0.1) is 27.7 Å². The number of rotatable bonds is 5. The van der Waals surface area contributed by atoms with Crippen LogP contribution in [-0.4, -0.2) is 26.2 Å². The molecule has 5 rings (SSSR count). The van der Waals surface area contributed by atoms with Crippen LogP contribution in [0.25, 0.3) is 27.6 Å². The summed E-state index contributed by atoms with van der Waals surface area (Å²) >= 11 is 1.26. The Hall–Kier alpha value is -3.84. The van der Waals surface area contributed by atoms with E-state index in [0.29, 0.717) is 16.2 Å². The summed E-state index contributed by atoms with van der Waals surface area (Å²) in [5.74, 6) is -0.0251. The van der Waals surface area contributed by atoms with Gasteiger partial charge >= 0.3 is 0 Å². The molecule has 0 aliphatic rings. The van der Waals surface area contributed by atoms with Crippen LogP contribution >= 0.6 is 11.8 Å². The van der Waals surface area contributed by atoms with Crippen molar-refractivity contribution < 1.29 is 4.79 Å². The lowest BCUT2D eigenvalue weighted by Gasteiger charge is -2.15. The van der Waals surface area contributed by atoms with Crippen molar-refractivity contribution in [2.24, 2.45) is 0 Å². The maximum Gasteiger partial charge on any atom is 0.283 e. The highest BCUT2D eigenvalue weighted by atomic mass is 32.2. The monoisotopic (exact) mass is 482 g/mol. The molecule has 0 unspecified atom stereocenters. The summed E-state index contributed by atoms with van der Waals surface area (Å²) in [6.07, 6.45) is 0. The van der Waals surface area contributed by atoms with Gasteiger partial charge in [0.25, 0.3) is 5.56 Å². The van der Waals surface area contributed by atoms with Gasteiger partial charge in [0.15, 0.2) is 5.16 Å². The van der Waals surface area contributed by atoms with Gasteiger partial charge in [0.05, 0.1) is 11.4 Å². The van der Waals surface area contributed by atoms with Gasteiger partial charge < -0.3 is 10.3 Å². The number of H-pyrrole nitrogens is 1. The smallest absolute Gasteiger partial charge is 0.283 e. The van der Waals surface area contributed by atoms with E-state index >= 15 is 0 Å². The van der Waals surface area contributed by atoms with Crippen molar-refractivity contribution >= 4 is 45.3 Å². The number of aromatic nitrogens is 3. The molecule has 5 aromatic rings. The Balaban J connectivity index is 1.59. The van der Waals surface area contributed by atoms with Crippen molar-refractivity contribution in [2.75, 3.05) is 11.1 Å². The Labute approximate surface area is 207 Å². The summed E-state index contributed by atoms with van der Waals surface area (Å²) in [4.78, 5) is 34.8. The zero-order valence-corrected chi connectivity index (χ0v) is 20.9. The largest absolute Gasteiger partial charge is 0.349 e. The van der Waals surface area contributed by atoms with Crippen LogP contribution in [0.4, 0.5) is 5.69 Å². The van der Waals surface area contributed by atoms with Crippen molar-refractivity contribution in [1.29, 1.82) is 0 Å². The summed E-state index contributed by atoms with van der Waals surface area (Å²) in [7, 11) is 0. The fourth-order valence-corrected chi connectivity index (χ4v) is 5.01. The van der Waals surface area contributed by atoms with E-state index in [1.807, 2.05) is 88.4 Å². The Morgan fingerprint density at radius 2 is 1.80 bits per heavy atom. The molecule has 0 radical (unpaired) electrons. The van der Waals surface area contributed by atoms with E-state index in [9.17, 15) is 9.59 Å². The van der Waals surface area contributed by atoms with Gasteiger partial charge in [-0.15, -0.1) is 0 Å². The second-order valence-corrected chi connectivity index (χ2v) is 9.75. The highest BCUT2D eigenvalue weighted by molar-refractivity contribution is 7.99. The van der Waals surface area contributed by atoms with Crippen molar-refractivity contribution in [3.8, 4) is 5.69 Å². The van der Waals surface area contributed by atoms with Gasteiger partial charge in [0.1, 0.15) is 11.0 Å². The van der Waals surface area contributed by atoms with Crippen LogP contribution in [0.2, 0.25) is 0 Å². The predicted octanol–water partition coefficient (Wildman–Crippen LogP) is 5.83. The lowest BCUT2D eigenvalue weighted by atomic mass is 10.1. The molecule has 6 nitrogen and oxygen atoms in total. The number of para-hydroxylation sites is 1. The number of hydrogen-bond donors (Lipinski definition) is 2. The summed E-state index contributed by atoms with van der Waals surface area (Å²) in [6, 6.07) is 19.6. The van der Waals surface area contributed by atoms with Gasteiger partial charge in [-0.3, -0.25) is 14.2 Å². The van der Waals surface area contributed by atoms with E-state index in [-0.39, 0.29) is 17.2 Å². The molecule has 0 saturated heterocycles. The molecule has 0 aliphatic heterocycles. The zero-order valence-electron chi connectivity index (χ0n) is 20.1. The highest BCUT2D eigenvalue weighted by Crippen LogP contribution is 2.28. The number of nitrogens with zero attached hydrogens (tertiary/aromatic N) is 2. The molecule has 0 saturated carbocycles. The summed E-state index contributed by atoms with van der Waals surface area (Å²) in [5, 5.41) is 4.36. The molecule has 7 heteroatoms. The average Bonchev–Trinajstić information content (AvgIpc) is 3.22. The van der Waals surface area contributed by atoms with Gasteiger partial charge in [-0.05, 0) is 68.1 Å². The van der Waals surface area contributed by atoms with Gasteiger partial charge in [0.2, 0.25) is 5.91 Å². The summed E-state index contributed by atoms with van der Waals surface area (Å²) in [6.45, 7) is 7.97. The number of thioether (sulfide) groups is 1. The zero-order chi connectivity index (χ0) is 24.7. The van der Waals surface area contributed by atoms with Gasteiger partial charge in [-0.2, -0.15) is 0 Å². The number of carbonyl (C=O) groups excluding carboxylic acids is 1. The predicted molar refractivity (Wildman–Crippen MR) is 144 cm³/mol. The Morgan fingerprint density at radius 1 is 1.00 bits per heavy atom. The lowest BCUT2D eigenvalue weighted by Crippen LogP contribution is -2.23. The fraction of sp³-hybridized carbons (Fsp3) is 0.179. The molecule has 2 aromatic heterocycles. The maximum atomic E-state index is 13.8. The van der Waals surface area contributed by atoms with Crippen molar-refractivity contribution in [2.45, 2.75) is 32.9 Å². The standard InChI is InChI=1S/C28H26N4O2S/c1-16-12-13-18(3)23(14-16)32-27(34)26-25(20-9-5-6-10-22(20)30-26)31-28(32)35-15-24(33)29-21-11-7-8-17(2)19(21)4/h5-14,30H,15H2,1-4H3,(H,29,33). The molecule has 0 fully saturated rings. The summed E-state index contributed by atoms with van der Waals surface area (Å²) in [5.41, 5.74) is 7.45. The van der Waals surface area contributed by atoms with Gasteiger partial charge in [-0.1, -0.05) is 54.2 Å². The first-order valence-corrected chi connectivity index (χ1v) is 12.4. The third-order valence-electron chi connectivity index (χ3n) is 6.31. The van der Waals surface area contributed by atoms with E-state index in [1.54, 1.807) is 4.57 Å². The van der Waals surface area contributed by atoms with E-state index in [2.05, 4.69) is 10.3 Å². The van der Waals surface area contributed by atoms with Crippen LogP contribution in [0.5, 0.6) is 0 Å².